The van der Waals surface area contributed by atoms with Crippen molar-refractivity contribution in [1.29, 1.82) is 0 Å². The van der Waals surface area contributed by atoms with Crippen LogP contribution in [0.4, 0.5) is 13.2 Å². The summed E-state index contributed by atoms with van der Waals surface area (Å²) in [6, 6.07) is 0. The first-order valence-electron chi connectivity index (χ1n) is 7.98. The van der Waals surface area contributed by atoms with Crippen molar-refractivity contribution in [1.82, 2.24) is 15.1 Å². The van der Waals surface area contributed by atoms with E-state index in [9.17, 15) is 23.1 Å². The molecular formula is C16H26F3N3O2. The number of aliphatic hydroxyl groups is 1. The lowest BCUT2D eigenvalue weighted by Crippen LogP contribution is -2.35. The molecule has 1 aromatic rings. The van der Waals surface area contributed by atoms with Crippen molar-refractivity contribution >= 4 is 5.91 Å². The van der Waals surface area contributed by atoms with Crippen molar-refractivity contribution in [3.63, 3.8) is 0 Å². The number of aliphatic hydroxyl groups excluding tert-OH is 1. The Morgan fingerprint density at radius 3 is 2.38 bits per heavy atom. The largest absolute Gasteiger partial charge is 0.408 e. The highest BCUT2D eigenvalue weighted by molar-refractivity contribution is 5.83. The predicted octanol–water partition coefficient (Wildman–Crippen LogP) is 2.69. The zero-order chi connectivity index (χ0) is 18.7. The van der Waals surface area contributed by atoms with Crippen molar-refractivity contribution in [2.45, 2.75) is 65.8 Å². The molecule has 138 valence electrons. The number of aromatic nitrogens is 2. The van der Waals surface area contributed by atoms with E-state index in [2.05, 4.69) is 10.4 Å². The fourth-order valence-electron chi connectivity index (χ4n) is 2.79. The van der Waals surface area contributed by atoms with Gasteiger partial charge in [-0.25, -0.2) is 0 Å². The van der Waals surface area contributed by atoms with Crippen molar-refractivity contribution < 1.29 is 23.1 Å². The van der Waals surface area contributed by atoms with Crippen LogP contribution in [-0.2, 0) is 11.3 Å². The van der Waals surface area contributed by atoms with Crippen molar-refractivity contribution in [3.05, 3.63) is 17.0 Å². The Bertz CT molecular complexity index is 568. The number of alkyl halides is 3. The third kappa shape index (κ3) is 5.81. The highest BCUT2D eigenvalue weighted by Gasteiger charge is 2.31. The number of carbonyl (C=O) groups excluding carboxylic acids is 1. The van der Waals surface area contributed by atoms with Gasteiger partial charge in [0.2, 0.25) is 5.91 Å². The standard InChI is InChI=1S/C16H26F3N3O2/c1-9(2)6-13(23)7-20-15(24)10(3)14-11(4)21-22(12(14)5)8-16(17,18)19/h9-10,13,23H,6-8H2,1-5H3,(H,20,24). The number of nitrogens with zero attached hydrogens (tertiary/aromatic N) is 2. The number of halogens is 3. The summed E-state index contributed by atoms with van der Waals surface area (Å²) in [4.78, 5) is 12.3. The summed E-state index contributed by atoms with van der Waals surface area (Å²) in [7, 11) is 0. The lowest BCUT2D eigenvalue weighted by atomic mass is 9.98. The van der Waals surface area contributed by atoms with Crippen LogP contribution >= 0.6 is 0 Å². The van der Waals surface area contributed by atoms with Crippen LogP contribution < -0.4 is 5.32 Å². The average molecular weight is 349 g/mol. The number of amides is 1. The van der Waals surface area contributed by atoms with E-state index in [4.69, 9.17) is 0 Å². The second kappa shape index (κ2) is 8.00. The van der Waals surface area contributed by atoms with E-state index >= 15 is 0 Å². The third-order valence-corrected chi connectivity index (χ3v) is 3.85. The van der Waals surface area contributed by atoms with Crippen LogP contribution in [0.15, 0.2) is 0 Å². The van der Waals surface area contributed by atoms with Crippen molar-refractivity contribution in [3.8, 4) is 0 Å². The second-order valence-corrected chi connectivity index (χ2v) is 6.61. The summed E-state index contributed by atoms with van der Waals surface area (Å²) in [6.45, 7) is 7.62. The maximum Gasteiger partial charge on any atom is 0.408 e. The molecule has 0 aliphatic rings. The van der Waals surface area contributed by atoms with Crippen LogP contribution in [0.5, 0.6) is 0 Å². The fraction of sp³-hybridized carbons (Fsp3) is 0.750. The molecule has 1 amide bonds. The normalized spacial score (nSPS) is 14.8. The summed E-state index contributed by atoms with van der Waals surface area (Å²) >= 11 is 0. The molecule has 1 heterocycles. The zero-order valence-electron chi connectivity index (χ0n) is 14.7. The van der Waals surface area contributed by atoms with Gasteiger partial charge < -0.3 is 10.4 Å². The van der Waals surface area contributed by atoms with E-state index in [1.807, 2.05) is 13.8 Å². The van der Waals surface area contributed by atoms with Gasteiger partial charge in [-0.05, 0) is 33.1 Å². The minimum atomic E-state index is -4.37. The molecule has 8 heteroatoms. The second-order valence-electron chi connectivity index (χ2n) is 6.61. The maximum absolute atomic E-state index is 12.6. The van der Waals surface area contributed by atoms with E-state index in [0.717, 1.165) is 4.68 Å². The van der Waals surface area contributed by atoms with Gasteiger partial charge in [0, 0.05) is 17.8 Å². The van der Waals surface area contributed by atoms with Gasteiger partial charge in [-0.1, -0.05) is 13.8 Å². The molecule has 0 fully saturated rings. The predicted molar refractivity (Wildman–Crippen MR) is 84.6 cm³/mol. The molecule has 0 radical (unpaired) electrons. The fourth-order valence-corrected chi connectivity index (χ4v) is 2.79. The molecule has 0 aliphatic heterocycles. The van der Waals surface area contributed by atoms with E-state index in [1.165, 1.54) is 6.92 Å². The molecule has 0 spiro atoms. The molecule has 1 rings (SSSR count). The molecule has 24 heavy (non-hydrogen) atoms. The zero-order valence-corrected chi connectivity index (χ0v) is 14.7. The van der Waals surface area contributed by atoms with Crippen LogP contribution in [0.1, 0.15) is 50.1 Å². The van der Waals surface area contributed by atoms with Gasteiger partial charge in [0.1, 0.15) is 6.54 Å². The number of rotatable bonds is 7. The van der Waals surface area contributed by atoms with Crippen LogP contribution in [0.3, 0.4) is 0 Å². The minimum Gasteiger partial charge on any atom is -0.391 e. The first-order chi connectivity index (χ1) is 10.9. The van der Waals surface area contributed by atoms with Gasteiger partial charge in [0.15, 0.2) is 0 Å². The topological polar surface area (TPSA) is 67.2 Å². The van der Waals surface area contributed by atoms with E-state index in [0.29, 0.717) is 29.3 Å². The van der Waals surface area contributed by atoms with Crippen LogP contribution in [-0.4, -0.2) is 39.6 Å². The molecule has 0 bridgehead atoms. The van der Waals surface area contributed by atoms with Gasteiger partial charge in [-0.15, -0.1) is 0 Å². The van der Waals surface area contributed by atoms with Crippen LogP contribution in [0.2, 0.25) is 0 Å². The molecule has 1 aromatic heterocycles. The molecule has 0 aromatic carbocycles. The minimum absolute atomic E-state index is 0.121. The third-order valence-electron chi connectivity index (χ3n) is 3.85. The molecule has 5 nitrogen and oxygen atoms in total. The summed E-state index contributed by atoms with van der Waals surface area (Å²) in [5.41, 5.74) is 1.23. The summed E-state index contributed by atoms with van der Waals surface area (Å²) in [5.74, 6) is -0.673. The number of carbonyl (C=O) groups is 1. The van der Waals surface area contributed by atoms with Gasteiger partial charge >= 0.3 is 6.18 Å². The summed E-state index contributed by atoms with van der Waals surface area (Å²) in [5, 5.41) is 16.4. The molecule has 2 unspecified atom stereocenters. The van der Waals surface area contributed by atoms with E-state index in [1.54, 1.807) is 13.8 Å². The van der Waals surface area contributed by atoms with E-state index in [-0.39, 0.29) is 12.5 Å². The van der Waals surface area contributed by atoms with E-state index < -0.39 is 24.7 Å². The Morgan fingerprint density at radius 2 is 1.88 bits per heavy atom. The molecular weight excluding hydrogens is 323 g/mol. The summed E-state index contributed by atoms with van der Waals surface area (Å²) < 4.78 is 38.6. The van der Waals surface area contributed by atoms with Gasteiger partial charge in [-0.3, -0.25) is 9.48 Å². The van der Waals surface area contributed by atoms with Crippen LogP contribution in [0.25, 0.3) is 0 Å². The first-order valence-corrected chi connectivity index (χ1v) is 7.98. The van der Waals surface area contributed by atoms with Crippen molar-refractivity contribution in [2.24, 2.45) is 5.92 Å². The summed E-state index contributed by atoms with van der Waals surface area (Å²) in [6.07, 6.45) is -4.44. The van der Waals surface area contributed by atoms with Gasteiger partial charge in [0.05, 0.1) is 17.7 Å². The molecule has 0 saturated heterocycles. The molecule has 0 aliphatic carbocycles. The highest BCUT2D eigenvalue weighted by atomic mass is 19.4. The maximum atomic E-state index is 12.6. The lowest BCUT2D eigenvalue weighted by Gasteiger charge is -2.17. The first kappa shape index (κ1) is 20.5. The number of aryl methyl sites for hydroxylation is 1. The molecule has 2 N–H and O–H groups in total. The number of hydrogen-bond donors (Lipinski definition) is 2. The van der Waals surface area contributed by atoms with Crippen molar-refractivity contribution in [2.75, 3.05) is 6.54 Å². The Balaban J connectivity index is 2.80. The molecule has 2 atom stereocenters. The van der Waals surface area contributed by atoms with Gasteiger partial charge in [0.25, 0.3) is 0 Å². The Labute approximate surface area is 140 Å². The Kier molecular flexibility index (Phi) is 6.83. The smallest absolute Gasteiger partial charge is 0.391 e. The number of nitrogens with one attached hydrogen (secondary N) is 1. The monoisotopic (exact) mass is 349 g/mol. The van der Waals surface area contributed by atoms with Crippen LogP contribution in [0, 0.1) is 19.8 Å². The molecule has 0 saturated carbocycles. The Hall–Kier alpha value is -1.57. The Morgan fingerprint density at radius 1 is 1.29 bits per heavy atom. The SMILES string of the molecule is Cc1nn(CC(F)(F)F)c(C)c1C(C)C(=O)NCC(O)CC(C)C. The lowest BCUT2D eigenvalue weighted by molar-refractivity contribution is -0.143. The average Bonchev–Trinajstić information content (AvgIpc) is 2.67. The quantitative estimate of drug-likeness (QED) is 0.795. The highest BCUT2D eigenvalue weighted by Crippen LogP contribution is 2.26. The van der Waals surface area contributed by atoms with Gasteiger partial charge in [-0.2, -0.15) is 18.3 Å². The number of hydrogen-bond acceptors (Lipinski definition) is 3.